The number of rotatable bonds is 3. The van der Waals surface area contributed by atoms with Gasteiger partial charge in [-0.25, -0.2) is 9.78 Å². The number of nitrogens with one attached hydrogen (secondary N) is 1. The molecular weight excluding hydrogens is 188 g/mol. The van der Waals surface area contributed by atoms with Crippen LogP contribution in [0.4, 0.5) is 0 Å². The van der Waals surface area contributed by atoms with E-state index in [4.69, 9.17) is 5.11 Å². The maximum Gasteiger partial charge on any atom is 0.356 e. The SMILES string of the molecule is O=C(O)c1cn(Cc2nn[nH]n2)cn1. The number of carboxylic acid groups (broad SMARTS) is 1. The van der Waals surface area contributed by atoms with Crippen LogP contribution in [0.25, 0.3) is 0 Å². The van der Waals surface area contributed by atoms with Crippen LogP contribution in [-0.2, 0) is 6.54 Å². The minimum Gasteiger partial charge on any atom is -0.476 e. The normalized spacial score (nSPS) is 10.3. The van der Waals surface area contributed by atoms with Crippen molar-refractivity contribution < 1.29 is 9.90 Å². The molecule has 0 unspecified atom stereocenters. The fraction of sp³-hybridized carbons (Fsp3) is 0.167. The summed E-state index contributed by atoms with van der Waals surface area (Å²) in [4.78, 5) is 14.2. The van der Waals surface area contributed by atoms with E-state index >= 15 is 0 Å². The second kappa shape index (κ2) is 3.24. The number of H-pyrrole nitrogens is 1. The van der Waals surface area contributed by atoms with Gasteiger partial charge in [-0.15, -0.1) is 10.2 Å². The van der Waals surface area contributed by atoms with Crippen LogP contribution in [-0.4, -0.2) is 41.3 Å². The summed E-state index contributed by atoms with van der Waals surface area (Å²) >= 11 is 0. The van der Waals surface area contributed by atoms with Gasteiger partial charge in [0.2, 0.25) is 0 Å². The number of imidazole rings is 1. The fourth-order valence-corrected chi connectivity index (χ4v) is 0.970. The molecule has 0 amide bonds. The maximum atomic E-state index is 10.5. The van der Waals surface area contributed by atoms with E-state index in [1.54, 1.807) is 4.57 Å². The van der Waals surface area contributed by atoms with E-state index < -0.39 is 5.97 Å². The molecule has 0 saturated carbocycles. The van der Waals surface area contributed by atoms with Gasteiger partial charge >= 0.3 is 5.97 Å². The molecule has 2 rings (SSSR count). The molecular formula is C6H6N6O2. The number of carboxylic acids is 1. The van der Waals surface area contributed by atoms with Gasteiger partial charge < -0.3 is 9.67 Å². The van der Waals surface area contributed by atoms with Gasteiger partial charge in [-0.05, 0) is 0 Å². The third-order valence-electron chi connectivity index (χ3n) is 1.57. The van der Waals surface area contributed by atoms with Crippen LogP contribution in [0.3, 0.4) is 0 Å². The highest BCUT2D eigenvalue weighted by Crippen LogP contribution is 1.98. The van der Waals surface area contributed by atoms with E-state index in [1.165, 1.54) is 12.5 Å². The average molecular weight is 194 g/mol. The molecule has 0 spiro atoms. The molecule has 0 bridgehead atoms. The quantitative estimate of drug-likeness (QED) is 0.658. The summed E-state index contributed by atoms with van der Waals surface area (Å²) in [6.07, 6.45) is 2.80. The Kier molecular flexibility index (Phi) is 1.94. The maximum absolute atomic E-state index is 10.5. The van der Waals surface area contributed by atoms with Crippen molar-refractivity contribution in [2.24, 2.45) is 0 Å². The van der Waals surface area contributed by atoms with Crippen LogP contribution in [0.1, 0.15) is 16.3 Å². The van der Waals surface area contributed by atoms with Crippen LogP contribution in [0, 0.1) is 0 Å². The summed E-state index contributed by atoms with van der Waals surface area (Å²) in [6, 6.07) is 0. The first-order valence-corrected chi connectivity index (χ1v) is 3.73. The predicted molar refractivity (Wildman–Crippen MR) is 42.5 cm³/mol. The van der Waals surface area contributed by atoms with Crippen LogP contribution in [0.5, 0.6) is 0 Å². The van der Waals surface area contributed by atoms with Gasteiger partial charge in [0.05, 0.1) is 12.9 Å². The lowest BCUT2D eigenvalue weighted by Gasteiger charge is -1.93. The minimum atomic E-state index is -1.06. The van der Waals surface area contributed by atoms with Crippen molar-refractivity contribution in [1.82, 2.24) is 30.2 Å². The minimum absolute atomic E-state index is 0.00602. The first kappa shape index (κ1) is 8.35. The van der Waals surface area contributed by atoms with Gasteiger partial charge in [0, 0.05) is 6.20 Å². The Labute approximate surface area is 77.6 Å². The van der Waals surface area contributed by atoms with Crippen molar-refractivity contribution in [3.05, 3.63) is 24.0 Å². The molecule has 0 atom stereocenters. The summed E-state index contributed by atoms with van der Waals surface area (Å²) in [5.41, 5.74) is -0.00602. The smallest absolute Gasteiger partial charge is 0.356 e. The number of tetrazole rings is 1. The van der Waals surface area contributed by atoms with Crippen molar-refractivity contribution in [3.8, 4) is 0 Å². The van der Waals surface area contributed by atoms with Crippen molar-refractivity contribution in [3.63, 3.8) is 0 Å². The van der Waals surface area contributed by atoms with Gasteiger partial charge in [0.1, 0.15) is 0 Å². The third-order valence-corrected chi connectivity index (χ3v) is 1.57. The van der Waals surface area contributed by atoms with Gasteiger partial charge in [0.15, 0.2) is 11.5 Å². The zero-order valence-corrected chi connectivity index (χ0v) is 6.95. The Morgan fingerprint density at radius 1 is 1.64 bits per heavy atom. The van der Waals surface area contributed by atoms with Gasteiger partial charge in [0.25, 0.3) is 0 Å². The highest BCUT2D eigenvalue weighted by Gasteiger charge is 2.07. The zero-order chi connectivity index (χ0) is 9.97. The zero-order valence-electron chi connectivity index (χ0n) is 6.95. The number of hydrogen-bond donors (Lipinski definition) is 2. The Bertz CT molecular complexity index is 433. The molecule has 0 fully saturated rings. The molecule has 14 heavy (non-hydrogen) atoms. The Hall–Kier alpha value is -2.25. The Morgan fingerprint density at radius 3 is 3.07 bits per heavy atom. The highest BCUT2D eigenvalue weighted by atomic mass is 16.4. The van der Waals surface area contributed by atoms with Crippen LogP contribution >= 0.6 is 0 Å². The van der Waals surface area contributed by atoms with Crippen molar-refractivity contribution in [2.75, 3.05) is 0 Å². The van der Waals surface area contributed by atoms with E-state index in [1.807, 2.05) is 0 Å². The van der Waals surface area contributed by atoms with E-state index in [0.29, 0.717) is 12.4 Å². The van der Waals surface area contributed by atoms with Crippen LogP contribution in [0.15, 0.2) is 12.5 Å². The summed E-state index contributed by atoms with van der Waals surface area (Å²) < 4.78 is 1.56. The first-order chi connectivity index (χ1) is 6.75. The molecule has 8 heteroatoms. The van der Waals surface area contributed by atoms with Crippen molar-refractivity contribution in [2.45, 2.75) is 6.54 Å². The lowest BCUT2D eigenvalue weighted by molar-refractivity contribution is 0.0691. The topological polar surface area (TPSA) is 110 Å². The van der Waals surface area contributed by atoms with E-state index in [9.17, 15) is 4.79 Å². The first-order valence-electron chi connectivity index (χ1n) is 3.73. The number of aromatic amines is 1. The molecule has 0 saturated heterocycles. The summed E-state index contributed by atoms with van der Waals surface area (Å²) in [5, 5.41) is 21.7. The number of aromatic carboxylic acids is 1. The number of hydrogen-bond acceptors (Lipinski definition) is 5. The number of nitrogens with zero attached hydrogens (tertiary/aromatic N) is 5. The van der Waals surface area contributed by atoms with Gasteiger partial charge in [-0.2, -0.15) is 5.21 Å². The standard InChI is InChI=1S/C6H6N6O2/c13-6(14)4-1-12(3-7-4)2-5-8-10-11-9-5/h1,3H,2H2,(H,13,14)(H,8,9,10,11). The molecule has 0 radical (unpaired) electrons. The van der Waals surface area contributed by atoms with E-state index in [2.05, 4.69) is 25.6 Å². The molecule has 0 aromatic carbocycles. The molecule has 2 N–H and O–H groups in total. The lowest BCUT2D eigenvalue weighted by atomic mass is 10.5. The Morgan fingerprint density at radius 2 is 2.50 bits per heavy atom. The summed E-state index contributed by atoms with van der Waals surface area (Å²) in [7, 11) is 0. The molecule has 2 heterocycles. The average Bonchev–Trinajstić information content (AvgIpc) is 2.75. The molecule has 72 valence electrons. The van der Waals surface area contributed by atoms with Crippen LogP contribution < -0.4 is 0 Å². The molecule has 0 aliphatic rings. The third kappa shape index (κ3) is 1.58. The molecule has 0 aliphatic heterocycles. The molecule has 2 aromatic heterocycles. The fourth-order valence-electron chi connectivity index (χ4n) is 0.970. The van der Waals surface area contributed by atoms with Crippen molar-refractivity contribution >= 4 is 5.97 Å². The number of aromatic nitrogens is 6. The second-order valence-electron chi connectivity index (χ2n) is 2.56. The number of carbonyl (C=O) groups is 1. The Balaban J connectivity index is 2.14. The molecule has 0 aliphatic carbocycles. The summed E-state index contributed by atoms with van der Waals surface area (Å²) in [5.74, 6) is -0.587. The summed E-state index contributed by atoms with van der Waals surface area (Å²) in [6.45, 7) is 0.344. The monoisotopic (exact) mass is 194 g/mol. The van der Waals surface area contributed by atoms with E-state index in [-0.39, 0.29) is 5.69 Å². The van der Waals surface area contributed by atoms with Gasteiger partial charge in [-0.1, -0.05) is 5.21 Å². The van der Waals surface area contributed by atoms with Crippen LogP contribution in [0.2, 0.25) is 0 Å². The highest BCUT2D eigenvalue weighted by molar-refractivity contribution is 5.84. The lowest BCUT2D eigenvalue weighted by Crippen LogP contribution is -1.99. The van der Waals surface area contributed by atoms with E-state index in [0.717, 1.165) is 0 Å². The second-order valence-corrected chi connectivity index (χ2v) is 2.56. The van der Waals surface area contributed by atoms with Crippen molar-refractivity contribution in [1.29, 1.82) is 0 Å². The largest absolute Gasteiger partial charge is 0.476 e. The predicted octanol–water partition coefficient (Wildman–Crippen LogP) is -0.857. The molecule has 2 aromatic rings. The molecule has 8 nitrogen and oxygen atoms in total. The van der Waals surface area contributed by atoms with Gasteiger partial charge in [-0.3, -0.25) is 0 Å².